The van der Waals surface area contributed by atoms with Crippen molar-refractivity contribution < 1.29 is 13.2 Å². The fourth-order valence-corrected chi connectivity index (χ4v) is 4.48. The maximum absolute atomic E-state index is 13.5. The number of nitriles is 1. The second kappa shape index (κ2) is 8.36. The van der Waals surface area contributed by atoms with E-state index in [-0.39, 0.29) is 17.7 Å². The number of nitrogens with zero attached hydrogens (tertiary/aromatic N) is 4. The Labute approximate surface area is 186 Å². The van der Waals surface area contributed by atoms with Gasteiger partial charge in [0.05, 0.1) is 45.5 Å². The number of carbonyl (C=O) groups excluding carboxylic acids is 1. The van der Waals surface area contributed by atoms with E-state index in [1.54, 1.807) is 42.5 Å². The number of carbonyl (C=O) groups is 1. The van der Waals surface area contributed by atoms with Crippen molar-refractivity contribution in [3.63, 3.8) is 0 Å². The molecule has 0 N–H and O–H groups in total. The Bertz CT molecular complexity index is 1470. The number of aromatic nitrogens is 2. The van der Waals surface area contributed by atoms with Gasteiger partial charge in [0.25, 0.3) is 5.91 Å². The first-order chi connectivity index (χ1) is 15.3. The number of fused-ring (bicyclic) bond motifs is 2. The normalized spacial score (nSPS) is 11.6. The van der Waals surface area contributed by atoms with E-state index in [0.29, 0.717) is 16.6 Å². The predicted molar refractivity (Wildman–Crippen MR) is 124 cm³/mol. The predicted octanol–water partition coefficient (Wildman–Crippen LogP) is 4.23. The molecular weight excluding hydrogens is 424 g/mol. The summed E-state index contributed by atoms with van der Waals surface area (Å²) in [6, 6.07) is 20.6. The molecule has 4 rings (SSSR count). The average Bonchev–Trinajstić information content (AvgIpc) is 2.78. The molecule has 1 heterocycles. The molecule has 0 atom stereocenters. The van der Waals surface area contributed by atoms with Gasteiger partial charge < -0.3 is 0 Å². The second-order valence-electron chi connectivity index (χ2n) is 7.58. The fourth-order valence-electron chi connectivity index (χ4n) is 3.30. The van der Waals surface area contributed by atoms with Gasteiger partial charge in [-0.25, -0.2) is 22.7 Å². The Kier molecular flexibility index (Phi) is 5.59. The molecule has 1 aromatic heterocycles. The number of sulfonamides is 1. The van der Waals surface area contributed by atoms with Gasteiger partial charge in [-0.1, -0.05) is 24.3 Å². The zero-order chi connectivity index (χ0) is 22.9. The summed E-state index contributed by atoms with van der Waals surface area (Å²) in [5.74, 6) is -0.677. The van der Waals surface area contributed by atoms with Gasteiger partial charge in [-0.3, -0.25) is 4.79 Å². The summed E-state index contributed by atoms with van der Waals surface area (Å²) in [7, 11) is -3.97. The zero-order valence-corrected chi connectivity index (χ0v) is 18.4. The van der Waals surface area contributed by atoms with Crippen molar-refractivity contribution in [2.24, 2.45) is 0 Å². The van der Waals surface area contributed by atoms with E-state index in [2.05, 4.69) is 9.97 Å². The van der Waals surface area contributed by atoms with Gasteiger partial charge in [0.15, 0.2) is 0 Å². The summed E-state index contributed by atoms with van der Waals surface area (Å²) < 4.78 is 27.1. The molecule has 0 saturated carbocycles. The van der Waals surface area contributed by atoms with E-state index in [4.69, 9.17) is 5.26 Å². The maximum Gasteiger partial charge on any atom is 0.272 e. The van der Waals surface area contributed by atoms with Gasteiger partial charge in [-0.05, 0) is 61.9 Å². The highest BCUT2D eigenvalue weighted by atomic mass is 32.2. The monoisotopic (exact) mass is 444 g/mol. The van der Waals surface area contributed by atoms with Crippen molar-refractivity contribution >= 4 is 43.7 Å². The number of para-hydroxylation sites is 2. The summed E-state index contributed by atoms with van der Waals surface area (Å²) in [6.07, 6.45) is 0.197. The van der Waals surface area contributed by atoms with Gasteiger partial charge in [0.2, 0.25) is 10.0 Å². The molecule has 0 aliphatic heterocycles. The average molecular weight is 445 g/mol. The Balaban J connectivity index is 1.82. The van der Waals surface area contributed by atoms with Gasteiger partial charge in [0.1, 0.15) is 0 Å². The molecule has 1 amide bonds. The molecule has 4 aromatic rings. The number of amides is 1. The minimum Gasteiger partial charge on any atom is -0.268 e. The number of benzene rings is 3. The SMILES string of the molecule is CC(C)S(=O)(=O)N(C(=O)c1ccc2nc3ccccc3nc2c1)c1ccc(CC#N)cc1. The van der Waals surface area contributed by atoms with Crippen molar-refractivity contribution in [2.45, 2.75) is 25.5 Å². The quantitative estimate of drug-likeness (QED) is 0.427. The lowest BCUT2D eigenvalue weighted by molar-refractivity contribution is 0.100. The van der Waals surface area contributed by atoms with E-state index in [1.807, 2.05) is 30.3 Å². The van der Waals surface area contributed by atoms with Crippen molar-refractivity contribution in [3.8, 4) is 6.07 Å². The van der Waals surface area contributed by atoms with Crippen LogP contribution in [0.15, 0.2) is 66.7 Å². The Morgan fingerprint density at radius 1 is 0.938 bits per heavy atom. The Hall–Kier alpha value is -3.83. The van der Waals surface area contributed by atoms with Crippen molar-refractivity contribution in [3.05, 3.63) is 77.9 Å². The maximum atomic E-state index is 13.5. The summed E-state index contributed by atoms with van der Waals surface area (Å²) >= 11 is 0. The van der Waals surface area contributed by atoms with Crippen LogP contribution in [-0.4, -0.2) is 29.5 Å². The first-order valence-electron chi connectivity index (χ1n) is 10.0. The number of hydrogen-bond acceptors (Lipinski definition) is 6. The van der Waals surface area contributed by atoms with Gasteiger partial charge in [-0.2, -0.15) is 5.26 Å². The molecule has 0 saturated heterocycles. The standard InChI is InChI=1S/C24H20N4O3S/c1-16(2)32(30,31)28(19-10-7-17(8-11-19)13-14-25)24(29)18-9-12-22-23(15-18)27-21-6-4-3-5-20(21)26-22/h3-12,15-16H,13H2,1-2H3. The van der Waals surface area contributed by atoms with Gasteiger partial charge >= 0.3 is 0 Å². The molecule has 7 nitrogen and oxygen atoms in total. The summed E-state index contributed by atoms with van der Waals surface area (Å²) in [4.78, 5) is 22.6. The molecule has 3 aromatic carbocycles. The van der Waals surface area contributed by atoms with E-state index in [1.165, 1.54) is 13.8 Å². The third-order valence-electron chi connectivity index (χ3n) is 5.07. The molecule has 0 fully saturated rings. The second-order valence-corrected chi connectivity index (χ2v) is 9.92. The highest BCUT2D eigenvalue weighted by Gasteiger charge is 2.33. The lowest BCUT2D eigenvalue weighted by atomic mass is 10.1. The van der Waals surface area contributed by atoms with Crippen LogP contribution in [0.1, 0.15) is 29.8 Å². The van der Waals surface area contributed by atoms with E-state index in [9.17, 15) is 13.2 Å². The molecule has 160 valence electrons. The molecule has 0 unspecified atom stereocenters. The molecule has 0 bridgehead atoms. The summed E-state index contributed by atoms with van der Waals surface area (Å²) in [5, 5.41) is 8.06. The van der Waals surface area contributed by atoms with Crippen LogP contribution in [0, 0.1) is 11.3 Å². The van der Waals surface area contributed by atoms with E-state index < -0.39 is 21.2 Å². The van der Waals surface area contributed by atoms with E-state index >= 15 is 0 Å². The van der Waals surface area contributed by atoms with Crippen molar-refractivity contribution in [2.75, 3.05) is 4.31 Å². The van der Waals surface area contributed by atoms with Crippen LogP contribution < -0.4 is 4.31 Å². The van der Waals surface area contributed by atoms with Crippen LogP contribution in [0.4, 0.5) is 5.69 Å². The summed E-state index contributed by atoms with van der Waals surface area (Å²) in [6.45, 7) is 3.05. The molecule has 0 aliphatic rings. The van der Waals surface area contributed by atoms with Crippen LogP contribution in [0.3, 0.4) is 0 Å². The largest absolute Gasteiger partial charge is 0.272 e. The molecule has 0 radical (unpaired) electrons. The topological polar surface area (TPSA) is 104 Å². The molecule has 0 aliphatic carbocycles. The van der Waals surface area contributed by atoms with Gasteiger partial charge in [0, 0.05) is 5.56 Å². The minimum absolute atomic E-state index is 0.187. The van der Waals surface area contributed by atoms with Crippen LogP contribution in [0.2, 0.25) is 0 Å². The highest BCUT2D eigenvalue weighted by molar-refractivity contribution is 7.94. The smallest absolute Gasteiger partial charge is 0.268 e. The first-order valence-corrected chi connectivity index (χ1v) is 11.5. The Morgan fingerprint density at radius 2 is 1.53 bits per heavy atom. The van der Waals surface area contributed by atoms with Crippen molar-refractivity contribution in [1.82, 2.24) is 9.97 Å². The number of anilines is 1. The minimum atomic E-state index is -3.97. The van der Waals surface area contributed by atoms with Crippen molar-refractivity contribution in [1.29, 1.82) is 5.26 Å². The number of rotatable bonds is 5. The van der Waals surface area contributed by atoms with Gasteiger partial charge in [-0.15, -0.1) is 0 Å². The summed E-state index contributed by atoms with van der Waals surface area (Å²) in [5.41, 5.74) is 3.67. The highest BCUT2D eigenvalue weighted by Crippen LogP contribution is 2.26. The lowest BCUT2D eigenvalue weighted by Crippen LogP contribution is -2.41. The van der Waals surface area contributed by atoms with Crippen LogP contribution in [0.25, 0.3) is 22.1 Å². The van der Waals surface area contributed by atoms with Crippen LogP contribution >= 0.6 is 0 Å². The van der Waals surface area contributed by atoms with Crippen LogP contribution in [-0.2, 0) is 16.4 Å². The third kappa shape index (κ3) is 3.90. The first kappa shape index (κ1) is 21.4. The molecule has 8 heteroatoms. The molecule has 32 heavy (non-hydrogen) atoms. The van der Waals surface area contributed by atoms with E-state index in [0.717, 1.165) is 15.4 Å². The molecule has 0 spiro atoms. The third-order valence-corrected chi connectivity index (χ3v) is 7.15. The Morgan fingerprint density at radius 3 is 2.12 bits per heavy atom. The lowest BCUT2D eigenvalue weighted by Gasteiger charge is -2.25. The fraction of sp³-hybridized carbons (Fsp3) is 0.167. The zero-order valence-electron chi connectivity index (χ0n) is 17.6. The number of hydrogen-bond donors (Lipinski definition) is 0. The molecular formula is C24H20N4O3S. The van der Waals surface area contributed by atoms with Crippen LogP contribution in [0.5, 0.6) is 0 Å².